The molecular weight excluding hydrogens is 260 g/mol. The maximum atomic E-state index is 13.6. The van der Waals surface area contributed by atoms with Crippen molar-refractivity contribution in [2.45, 2.75) is 39.4 Å². The Morgan fingerprint density at radius 1 is 1.20 bits per heavy atom. The number of rotatable bonds is 4. The van der Waals surface area contributed by atoms with Crippen molar-refractivity contribution in [3.05, 3.63) is 53.4 Å². The third-order valence-corrected chi connectivity index (χ3v) is 2.93. The molecule has 1 heterocycles. The van der Waals surface area contributed by atoms with Gasteiger partial charge >= 0.3 is 0 Å². The molecule has 2 rings (SSSR count). The molecule has 5 heteroatoms. The van der Waals surface area contributed by atoms with Crippen molar-refractivity contribution in [2.24, 2.45) is 0 Å². The van der Waals surface area contributed by atoms with E-state index in [4.69, 9.17) is 0 Å². The Morgan fingerprint density at radius 3 is 2.65 bits per heavy atom. The Bertz CT molecular complexity index is 585. The van der Waals surface area contributed by atoms with Crippen molar-refractivity contribution in [2.75, 3.05) is 0 Å². The Labute approximate surface area is 117 Å². The lowest BCUT2D eigenvalue weighted by molar-refractivity contribution is 0.413. The van der Waals surface area contributed by atoms with Gasteiger partial charge in [0, 0.05) is 23.8 Å². The fourth-order valence-electron chi connectivity index (χ4n) is 1.83. The van der Waals surface area contributed by atoms with Crippen molar-refractivity contribution >= 4 is 0 Å². The van der Waals surface area contributed by atoms with Crippen LogP contribution in [-0.2, 0) is 13.1 Å². The van der Waals surface area contributed by atoms with Crippen LogP contribution in [0.4, 0.5) is 8.78 Å². The first-order valence-electron chi connectivity index (χ1n) is 6.55. The van der Waals surface area contributed by atoms with Crippen LogP contribution in [0.5, 0.6) is 0 Å². The van der Waals surface area contributed by atoms with Gasteiger partial charge < -0.3 is 5.32 Å². The maximum Gasteiger partial charge on any atom is 0.128 e. The lowest BCUT2D eigenvalue weighted by Gasteiger charge is -2.20. The molecule has 1 aromatic carbocycles. The van der Waals surface area contributed by atoms with E-state index in [2.05, 4.69) is 31.2 Å². The highest BCUT2D eigenvalue weighted by atomic mass is 19.1. The van der Waals surface area contributed by atoms with Gasteiger partial charge in [0.15, 0.2) is 0 Å². The smallest absolute Gasteiger partial charge is 0.128 e. The van der Waals surface area contributed by atoms with Gasteiger partial charge in [0.1, 0.15) is 11.6 Å². The molecule has 0 bridgehead atoms. The van der Waals surface area contributed by atoms with Gasteiger partial charge in [0.25, 0.3) is 0 Å². The molecule has 0 saturated heterocycles. The number of nitrogens with one attached hydrogen (secondary N) is 1. The van der Waals surface area contributed by atoms with Crippen LogP contribution in [0.1, 0.15) is 32.0 Å². The van der Waals surface area contributed by atoms with Crippen molar-refractivity contribution < 1.29 is 8.78 Å². The van der Waals surface area contributed by atoms with E-state index in [1.165, 1.54) is 6.07 Å². The average Bonchev–Trinajstić information content (AvgIpc) is 2.78. The molecule has 0 atom stereocenters. The second-order valence-corrected chi connectivity index (χ2v) is 5.82. The molecule has 1 N–H and O–H groups in total. The molecule has 0 unspecified atom stereocenters. The summed E-state index contributed by atoms with van der Waals surface area (Å²) in [7, 11) is 0. The first kappa shape index (κ1) is 14.7. The Kier molecular flexibility index (Phi) is 4.18. The molecule has 0 fully saturated rings. The number of halogens is 2. The van der Waals surface area contributed by atoms with Crippen LogP contribution in [0.3, 0.4) is 0 Å². The highest BCUT2D eigenvalue weighted by molar-refractivity contribution is 5.19. The third-order valence-electron chi connectivity index (χ3n) is 2.93. The quantitative estimate of drug-likeness (QED) is 0.932. The molecule has 2 aromatic rings. The summed E-state index contributed by atoms with van der Waals surface area (Å²) in [6, 6.07) is 5.33. The van der Waals surface area contributed by atoms with Crippen LogP contribution < -0.4 is 5.32 Å². The van der Waals surface area contributed by atoms with E-state index in [1.807, 2.05) is 6.07 Å². The lowest BCUT2D eigenvalue weighted by atomic mass is 10.1. The summed E-state index contributed by atoms with van der Waals surface area (Å²) in [4.78, 5) is 0. The summed E-state index contributed by atoms with van der Waals surface area (Å²) in [5.41, 5.74) is 1.22. The topological polar surface area (TPSA) is 29.9 Å². The van der Waals surface area contributed by atoms with Gasteiger partial charge in [-0.25, -0.2) is 8.78 Å². The summed E-state index contributed by atoms with van der Waals surface area (Å²) in [5, 5.41) is 7.52. The van der Waals surface area contributed by atoms with Crippen LogP contribution >= 0.6 is 0 Å². The van der Waals surface area contributed by atoms with E-state index in [9.17, 15) is 8.78 Å². The summed E-state index contributed by atoms with van der Waals surface area (Å²) < 4.78 is 28.5. The summed E-state index contributed by atoms with van der Waals surface area (Å²) in [6.45, 7) is 7.05. The van der Waals surface area contributed by atoms with E-state index in [1.54, 1.807) is 10.9 Å². The fraction of sp³-hybridized carbons (Fsp3) is 0.400. The van der Waals surface area contributed by atoms with Crippen LogP contribution in [-0.4, -0.2) is 15.3 Å². The second-order valence-electron chi connectivity index (χ2n) is 5.82. The van der Waals surface area contributed by atoms with Crippen LogP contribution in [0.25, 0.3) is 0 Å². The normalized spacial score (nSPS) is 11.8. The molecule has 20 heavy (non-hydrogen) atoms. The van der Waals surface area contributed by atoms with Crippen LogP contribution in [0.15, 0.2) is 30.5 Å². The molecule has 0 aliphatic carbocycles. The third kappa shape index (κ3) is 3.87. The van der Waals surface area contributed by atoms with Crippen LogP contribution in [0, 0.1) is 11.6 Å². The van der Waals surface area contributed by atoms with Gasteiger partial charge in [-0.2, -0.15) is 5.10 Å². The monoisotopic (exact) mass is 279 g/mol. The standard InChI is InChI=1S/C15H19F2N3/c1-15(2,3)18-9-13-6-7-19-20(13)10-11-8-12(16)4-5-14(11)17/h4-8,18H,9-10H2,1-3H3. The van der Waals surface area contributed by atoms with Gasteiger partial charge in [-0.3, -0.25) is 4.68 Å². The second kappa shape index (κ2) is 5.71. The Balaban J connectivity index is 2.14. The number of benzene rings is 1. The largest absolute Gasteiger partial charge is 0.306 e. The van der Waals surface area contributed by atoms with E-state index in [0.717, 1.165) is 17.8 Å². The minimum absolute atomic E-state index is 0.0147. The zero-order chi connectivity index (χ0) is 14.8. The fourth-order valence-corrected chi connectivity index (χ4v) is 1.83. The lowest BCUT2D eigenvalue weighted by Crippen LogP contribution is -2.35. The predicted molar refractivity (Wildman–Crippen MR) is 74.3 cm³/mol. The number of nitrogens with zero attached hydrogens (tertiary/aromatic N) is 2. The molecule has 0 radical (unpaired) electrons. The maximum absolute atomic E-state index is 13.6. The molecule has 0 saturated carbocycles. The first-order valence-corrected chi connectivity index (χ1v) is 6.55. The SMILES string of the molecule is CC(C)(C)NCc1ccnn1Cc1cc(F)ccc1F. The summed E-state index contributed by atoms with van der Waals surface area (Å²) in [5.74, 6) is -0.862. The van der Waals surface area contributed by atoms with Gasteiger partial charge in [0.05, 0.1) is 12.2 Å². The highest BCUT2D eigenvalue weighted by Crippen LogP contribution is 2.13. The van der Waals surface area contributed by atoms with E-state index in [0.29, 0.717) is 12.1 Å². The Morgan fingerprint density at radius 2 is 1.95 bits per heavy atom. The van der Waals surface area contributed by atoms with Crippen molar-refractivity contribution in [1.82, 2.24) is 15.1 Å². The molecule has 108 valence electrons. The van der Waals surface area contributed by atoms with E-state index >= 15 is 0 Å². The molecular formula is C15H19F2N3. The molecule has 0 spiro atoms. The van der Waals surface area contributed by atoms with Crippen molar-refractivity contribution in [1.29, 1.82) is 0 Å². The number of hydrogen-bond acceptors (Lipinski definition) is 2. The van der Waals surface area contributed by atoms with Crippen molar-refractivity contribution in [3.8, 4) is 0 Å². The first-order chi connectivity index (χ1) is 9.35. The van der Waals surface area contributed by atoms with E-state index in [-0.39, 0.29) is 12.1 Å². The molecule has 1 aromatic heterocycles. The molecule has 0 amide bonds. The van der Waals surface area contributed by atoms with Crippen LogP contribution in [0.2, 0.25) is 0 Å². The molecule has 0 aliphatic heterocycles. The van der Waals surface area contributed by atoms with Gasteiger partial charge in [0.2, 0.25) is 0 Å². The average molecular weight is 279 g/mol. The van der Waals surface area contributed by atoms with Gasteiger partial charge in [-0.05, 0) is 45.0 Å². The molecule has 3 nitrogen and oxygen atoms in total. The minimum Gasteiger partial charge on any atom is -0.306 e. The Hall–Kier alpha value is -1.75. The number of hydrogen-bond donors (Lipinski definition) is 1. The van der Waals surface area contributed by atoms with Gasteiger partial charge in [-0.15, -0.1) is 0 Å². The van der Waals surface area contributed by atoms with Gasteiger partial charge in [-0.1, -0.05) is 0 Å². The van der Waals surface area contributed by atoms with E-state index < -0.39 is 11.6 Å². The summed E-state index contributed by atoms with van der Waals surface area (Å²) >= 11 is 0. The highest BCUT2D eigenvalue weighted by Gasteiger charge is 2.12. The number of aromatic nitrogens is 2. The molecule has 0 aliphatic rings. The zero-order valence-electron chi connectivity index (χ0n) is 12.0. The summed E-state index contributed by atoms with van der Waals surface area (Å²) in [6.07, 6.45) is 1.66. The predicted octanol–water partition coefficient (Wildman–Crippen LogP) is 3.10. The zero-order valence-corrected chi connectivity index (χ0v) is 12.0. The van der Waals surface area contributed by atoms with Crippen molar-refractivity contribution in [3.63, 3.8) is 0 Å². The minimum atomic E-state index is -0.442.